The Morgan fingerprint density at radius 2 is 2.09 bits per heavy atom. The van der Waals surface area contributed by atoms with Gasteiger partial charge >= 0.3 is 0 Å². The molecule has 1 heterocycles. The zero-order valence-electron chi connectivity index (χ0n) is 6.19. The average Bonchev–Trinajstić information content (AvgIpc) is 2.39. The average molecular weight is 161 g/mol. The highest BCUT2D eigenvalue weighted by molar-refractivity contribution is 4.51. The summed E-state index contributed by atoms with van der Waals surface area (Å²) in [5.41, 5.74) is 0. The lowest BCUT2D eigenvalue weighted by Crippen LogP contribution is -2.10. The molecule has 1 saturated heterocycles. The van der Waals surface area contributed by atoms with Crippen LogP contribution < -0.4 is 0 Å². The van der Waals surface area contributed by atoms with Gasteiger partial charge in [-0.25, -0.2) is 0 Å². The maximum atomic E-state index is 9.90. The van der Waals surface area contributed by atoms with E-state index in [0.717, 1.165) is 0 Å². The third-order valence-corrected chi connectivity index (χ3v) is 1.47. The molecule has 64 valence electrons. The summed E-state index contributed by atoms with van der Waals surface area (Å²) in [6.07, 6.45) is 0.952. The molecule has 0 aromatic rings. The highest BCUT2D eigenvalue weighted by Gasteiger charge is 2.15. The summed E-state index contributed by atoms with van der Waals surface area (Å²) in [5.74, 6) is 0. The van der Waals surface area contributed by atoms with Gasteiger partial charge < -0.3 is 9.47 Å². The summed E-state index contributed by atoms with van der Waals surface area (Å²) < 4.78 is 10.2. The van der Waals surface area contributed by atoms with Gasteiger partial charge in [0.25, 0.3) is 0 Å². The van der Waals surface area contributed by atoms with E-state index in [1.54, 1.807) is 0 Å². The molecule has 11 heavy (non-hydrogen) atoms. The number of nitrogens with zero attached hydrogens (tertiary/aromatic N) is 1. The van der Waals surface area contributed by atoms with Crippen LogP contribution in [0.5, 0.6) is 0 Å². The number of hydrogen-bond acceptors (Lipinski definition) is 4. The maximum absolute atomic E-state index is 9.90. The second-order valence-electron chi connectivity index (χ2n) is 2.37. The van der Waals surface area contributed by atoms with Crippen molar-refractivity contribution in [2.24, 2.45) is 0 Å². The van der Waals surface area contributed by atoms with Gasteiger partial charge in [-0.05, 0) is 0 Å². The Kier molecular flexibility index (Phi) is 3.25. The van der Waals surface area contributed by atoms with Crippen LogP contribution in [0, 0.1) is 10.1 Å². The zero-order chi connectivity index (χ0) is 8.10. The van der Waals surface area contributed by atoms with E-state index in [1.807, 2.05) is 0 Å². The lowest BCUT2D eigenvalue weighted by Gasteiger charge is -2.05. The Morgan fingerprint density at radius 3 is 2.64 bits per heavy atom. The van der Waals surface area contributed by atoms with Crippen LogP contribution in [-0.2, 0) is 9.47 Å². The number of ether oxygens (including phenoxy) is 2. The van der Waals surface area contributed by atoms with Gasteiger partial charge in [0.1, 0.15) is 0 Å². The van der Waals surface area contributed by atoms with E-state index < -0.39 is 0 Å². The number of nitro groups is 1. The summed E-state index contributed by atoms with van der Waals surface area (Å²) in [5, 5.41) is 9.90. The standard InChI is InChI=1S/C6H11NO4/c8-7(9)3-1-2-6-10-4-5-11-6/h6H,1-5H2. The van der Waals surface area contributed by atoms with Gasteiger partial charge in [0.15, 0.2) is 6.29 Å². The Morgan fingerprint density at radius 1 is 1.45 bits per heavy atom. The van der Waals surface area contributed by atoms with Crippen LogP contribution in [0.2, 0.25) is 0 Å². The highest BCUT2D eigenvalue weighted by atomic mass is 16.7. The summed E-state index contributed by atoms with van der Waals surface area (Å²) in [6, 6.07) is 0. The molecule has 0 radical (unpaired) electrons. The first-order chi connectivity index (χ1) is 5.29. The van der Waals surface area contributed by atoms with Crippen LogP contribution in [0.1, 0.15) is 12.8 Å². The van der Waals surface area contributed by atoms with Crippen molar-refractivity contribution in [3.63, 3.8) is 0 Å². The summed E-state index contributed by atoms with van der Waals surface area (Å²) in [4.78, 5) is 9.57. The van der Waals surface area contributed by atoms with Gasteiger partial charge in [0.2, 0.25) is 6.54 Å². The van der Waals surface area contributed by atoms with E-state index in [2.05, 4.69) is 0 Å². The highest BCUT2D eigenvalue weighted by Crippen LogP contribution is 2.09. The van der Waals surface area contributed by atoms with Crippen LogP contribution in [0.25, 0.3) is 0 Å². The smallest absolute Gasteiger partial charge is 0.204 e. The quantitative estimate of drug-likeness (QED) is 0.442. The van der Waals surface area contributed by atoms with Crippen molar-refractivity contribution >= 4 is 0 Å². The molecule has 1 aliphatic heterocycles. The Bertz CT molecular complexity index is 133. The van der Waals surface area contributed by atoms with E-state index >= 15 is 0 Å². The maximum Gasteiger partial charge on any atom is 0.204 e. The van der Waals surface area contributed by atoms with E-state index in [1.165, 1.54) is 0 Å². The molecule has 0 unspecified atom stereocenters. The molecule has 0 saturated carbocycles. The molecule has 1 fully saturated rings. The molecular weight excluding hydrogens is 150 g/mol. The molecular formula is C6H11NO4. The van der Waals surface area contributed by atoms with E-state index in [0.29, 0.717) is 26.1 Å². The van der Waals surface area contributed by atoms with Crippen LogP contribution in [0.4, 0.5) is 0 Å². The minimum atomic E-state index is -0.324. The summed E-state index contributed by atoms with van der Waals surface area (Å²) >= 11 is 0. The second-order valence-corrected chi connectivity index (χ2v) is 2.37. The third-order valence-electron chi connectivity index (χ3n) is 1.47. The first kappa shape index (κ1) is 8.42. The predicted molar refractivity (Wildman–Crippen MR) is 36.8 cm³/mol. The van der Waals surface area contributed by atoms with Crippen molar-refractivity contribution in [2.75, 3.05) is 19.8 Å². The van der Waals surface area contributed by atoms with Gasteiger partial charge in [-0.2, -0.15) is 0 Å². The Hall–Kier alpha value is -0.680. The fraction of sp³-hybridized carbons (Fsp3) is 1.00. The summed E-state index contributed by atoms with van der Waals surface area (Å²) in [6.45, 7) is 1.23. The van der Waals surface area contributed by atoms with Crippen molar-refractivity contribution in [3.05, 3.63) is 10.1 Å². The molecule has 0 amide bonds. The van der Waals surface area contributed by atoms with Crippen molar-refractivity contribution in [2.45, 2.75) is 19.1 Å². The first-order valence-corrected chi connectivity index (χ1v) is 3.64. The molecule has 5 heteroatoms. The van der Waals surface area contributed by atoms with Gasteiger partial charge in [-0.3, -0.25) is 10.1 Å². The molecule has 0 aromatic carbocycles. The van der Waals surface area contributed by atoms with Crippen molar-refractivity contribution in [3.8, 4) is 0 Å². The van der Waals surface area contributed by atoms with Crippen molar-refractivity contribution in [1.29, 1.82) is 0 Å². The molecule has 0 N–H and O–H groups in total. The van der Waals surface area contributed by atoms with Gasteiger partial charge in [-0.1, -0.05) is 0 Å². The molecule has 0 atom stereocenters. The molecule has 0 aromatic heterocycles. The minimum absolute atomic E-state index is 0.00319. The molecule has 1 rings (SSSR count). The third kappa shape index (κ3) is 3.29. The van der Waals surface area contributed by atoms with Crippen molar-refractivity contribution in [1.82, 2.24) is 0 Å². The summed E-state index contributed by atoms with van der Waals surface area (Å²) in [7, 11) is 0. The molecule has 0 aliphatic carbocycles. The second kappa shape index (κ2) is 4.25. The molecule has 0 bridgehead atoms. The van der Waals surface area contributed by atoms with Gasteiger partial charge in [0, 0.05) is 17.8 Å². The number of hydrogen-bond donors (Lipinski definition) is 0. The van der Waals surface area contributed by atoms with E-state index in [9.17, 15) is 10.1 Å². The van der Waals surface area contributed by atoms with Crippen LogP contribution >= 0.6 is 0 Å². The van der Waals surface area contributed by atoms with Crippen LogP contribution in [0.15, 0.2) is 0 Å². The number of rotatable bonds is 4. The van der Waals surface area contributed by atoms with Crippen LogP contribution in [-0.4, -0.2) is 31.0 Å². The zero-order valence-corrected chi connectivity index (χ0v) is 6.19. The van der Waals surface area contributed by atoms with Crippen LogP contribution in [0.3, 0.4) is 0 Å². The first-order valence-electron chi connectivity index (χ1n) is 3.64. The Balaban J connectivity index is 1.98. The lowest BCUT2D eigenvalue weighted by atomic mass is 10.3. The topological polar surface area (TPSA) is 61.6 Å². The SMILES string of the molecule is O=[N+]([O-])CCCC1OCCO1. The minimum Gasteiger partial charge on any atom is -0.350 e. The van der Waals surface area contributed by atoms with Gasteiger partial charge in [-0.15, -0.1) is 0 Å². The lowest BCUT2D eigenvalue weighted by molar-refractivity contribution is -0.481. The van der Waals surface area contributed by atoms with E-state index in [4.69, 9.17) is 9.47 Å². The monoisotopic (exact) mass is 161 g/mol. The molecule has 1 aliphatic rings. The van der Waals surface area contributed by atoms with E-state index in [-0.39, 0.29) is 17.8 Å². The molecule has 0 spiro atoms. The van der Waals surface area contributed by atoms with Gasteiger partial charge in [0.05, 0.1) is 13.2 Å². The largest absolute Gasteiger partial charge is 0.350 e. The van der Waals surface area contributed by atoms with Crippen molar-refractivity contribution < 1.29 is 14.4 Å². The Labute approximate surface area is 64.4 Å². The predicted octanol–water partition coefficient (Wildman–Crippen LogP) is 0.416. The fourth-order valence-corrected chi connectivity index (χ4v) is 0.961. The molecule has 5 nitrogen and oxygen atoms in total. The normalized spacial score (nSPS) is 18.9. The fourth-order valence-electron chi connectivity index (χ4n) is 0.961.